The summed E-state index contributed by atoms with van der Waals surface area (Å²) in [6.45, 7) is 6.25. The highest BCUT2D eigenvalue weighted by Crippen LogP contribution is 2.23. The summed E-state index contributed by atoms with van der Waals surface area (Å²) in [7, 11) is 1.98. The van der Waals surface area contributed by atoms with Crippen LogP contribution in [-0.2, 0) is 7.05 Å². The first kappa shape index (κ1) is 14.7. The van der Waals surface area contributed by atoms with Crippen molar-refractivity contribution in [2.24, 2.45) is 7.05 Å². The molecule has 1 aliphatic rings. The van der Waals surface area contributed by atoms with Crippen LogP contribution in [-0.4, -0.2) is 23.6 Å². The molecule has 22 heavy (non-hydrogen) atoms. The topological polar surface area (TPSA) is 37.3 Å². The lowest BCUT2D eigenvalue weighted by atomic mass is 10.2. The van der Waals surface area contributed by atoms with Crippen LogP contribution in [0.1, 0.15) is 34.6 Å². The van der Waals surface area contributed by atoms with Crippen molar-refractivity contribution in [3.05, 3.63) is 47.3 Å². The van der Waals surface area contributed by atoms with Crippen LogP contribution in [0.15, 0.2) is 30.3 Å². The Kier molecular flexibility index (Phi) is 3.92. The molecule has 1 N–H and O–H groups in total. The Labute approximate surface area is 131 Å². The van der Waals surface area contributed by atoms with Gasteiger partial charge in [-0.05, 0) is 57.0 Å². The fourth-order valence-electron chi connectivity index (χ4n) is 3.01. The zero-order valence-corrected chi connectivity index (χ0v) is 13.5. The first-order chi connectivity index (χ1) is 10.6. The van der Waals surface area contributed by atoms with Gasteiger partial charge in [0, 0.05) is 42.9 Å². The molecule has 1 aromatic heterocycles. The van der Waals surface area contributed by atoms with Crippen molar-refractivity contribution in [1.29, 1.82) is 0 Å². The molecule has 1 aromatic carbocycles. The Hall–Kier alpha value is -2.23. The third-order valence-electron chi connectivity index (χ3n) is 4.62. The maximum absolute atomic E-state index is 12.4. The number of amides is 1. The van der Waals surface area contributed by atoms with Crippen LogP contribution in [0.3, 0.4) is 0 Å². The van der Waals surface area contributed by atoms with E-state index < -0.39 is 0 Å². The van der Waals surface area contributed by atoms with Crippen molar-refractivity contribution in [1.82, 2.24) is 4.57 Å². The van der Waals surface area contributed by atoms with E-state index in [0.717, 1.165) is 35.7 Å². The molecule has 1 aliphatic heterocycles. The highest BCUT2D eigenvalue weighted by molar-refractivity contribution is 6.05. The van der Waals surface area contributed by atoms with Crippen LogP contribution in [0.25, 0.3) is 0 Å². The summed E-state index contributed by atoms with van der Waals surface area (Å²) in [5.74, 6) is -0.0462. The van der Waals surface area contributed by atoms with Crippen LogP contribution in [0.5, 0.6) is 0 Å². The van der Waals surface area contributed by atoms with Crippen LogP contribution in [0.2, 0.25) is 0 Å². The fraction of sp³-hybridized carbons (Fsp3) is 0.389. The molecule has 1 amide bonds. The number of rotatable bonds is 3. The van der Waals surface area contributed by atoms with Gasteiger partial charge in [-0.1, -0.05) is 0 Å². The Morgan fingerprint density at radius 2 is 1.73 bits per heavy atom. The largest absolute Gasteiger partial charge is 0.372 e. The molecule has 4 nitrogen and oxygen atoms in total. The van der Waals surface area contributed by atoms with Gasteiger partial charge in [-0.3, -0.25) is 4.79 Å². The molecule has 1 saturated heterocycles. The van der Waals surface area contributed by atoms with Gasteiger partial charge in [-0.25, -0.2) is 0 Å². The van der Waals surface area contributed by atoms with E-state index in [1.807, 2.05) is 43.7 Å². The molecule has 2 aromatic rings. The average molecular weight is 297 g/mol. The van der Waals surface area contributed by atoms with Crippen molar-refractivity contribution in [3.8, 4) is 0 Å². The number of carbonyl (C=O) groups is 1. The number of aryl methyl sites for hydroxylation is 1. The first-order valence-corrected chi connectivity index (χ1v) is 7.85. The number of anilines is 2. The lowest BCUT2D eigenvalue weighted by Crippen LogP contribution is -2.17. The molecule has 116 valence electrons. The Bertz CT molecular complexity index is 679. The molecule has 0 unspecified atom stereocenters. The van der Waals surface area contributed by atoms with E-state index in [9.17, 15) is 4.79 Å². The molecule has 2 heterocycles. The normalized spacial score (nSPS) is 14.4. The van der Waals surface area contributed by atoms with Crippen molar-refractivity contribution < 1.29 is 4.79 Å². The molecular weight excluding hydrogens is 274 g/mol. The Balaban J connectivity index is 1.72. The van der Waals surface area contributed by atoms with Gasteiger partial charge in [0.25, 0.3) is 5.91 Å². The lowest BCUT2D eigenvalue weighted by molar-refractivity contribution is 0.102. The maximum Gasteiger partial charge on any atom is 0.257 e. The van der Waals surface area contributed by atoms with Gasteiger partial charge in [0.1, 0.15) is 0 Å². The van der Waals surface area contributed by atoms with E-state index in [0.29, 0.717) is 0 Å². The van der Waals surface area contributed by atoms with E-state index in [4.69, 9.17) is 0 Å². The number of hydrogen-bond acceptors (Lipinski definition) is 2. The van der Waals surface area contributed by atoms with Crippen LogP contribution < -0.4 is 10.2 Å². The Morgan fingerprint density at radius 1 is 1.09 bits per heavy atom. The van der Waals surface area contributed by atoms with Gasteiger partial charge in [-0.15, -0.1) is 0 Å². The maximum atomic E-state index is 12.4. The van der Waals surface area contributed by atoms with Crippen molar-refractivity contribution in [3.63, 3.8) is 0 Å². The lowest BCUT2D eigenvalue weighted by Gasteiger charge is -2.17. The smallest absolute Gasteiger partial charge is 0.257 e. The predicted molar refractivity (Wildman–Crippen MR) is 90.7 cm³/mol. The average Bonchev–Trinajstić information content (AvgIpc) is 3.13. The molecule has 0 bridgehead atoms. The fourth-order valence-corrected chi connectivity index (χ4v) is 3.01. The summed E-state index contributed by atoms with van der Waals surface area (Å²) in [4.78, 5) is 14.8. The second-order valence-corrected chi connectivity index (χ2v) is 6.04. The third-order valence-corrected chi connectivity index (χ3v) is 4.62. The van der Waals surface area contributed by atoms with Crippen molar-refractivity contribution in [2.45, 2.75) is 26.7 Å². The highest BCUT2D eigenvalue weighted by atomic mass is 16.1. The van der Waals surface area contributed by atoms with Gasteiger partial charge in [0.05, 0.1) is 5.56 Å². The summed E-state index contributed by atoms with van der Waals surface area (Å²) in [6.07, 6.45) is 2.54. The molecule has 0 spiro atoms. The number of carbonyl (C=O) groups excluding carboxylic acids is 1. The molecule has 4 heteroatoms. The molecule has 1 fully saturated rings. The minimum Gasteiger partial charge on any atom is -0.372 e. The zero-order chi connectivity index (χ0) is 15.7. The van der Waals surface area contributed by atoms with E-state index >= 15 is 0 Å². The number of nitrogens with zero attached hydrogens (tertiary/aromatic N) is 2. The molecular formula is C18H23N3O. The van der Waals surface area contributed by atoms with Gasteiger partial charge in [0.2, 0.25) is 0 Å². The minimum atomic E-state index is -0.0462. The minimum absolute atomic E-state index is 0.0462. The Morgan fingerprint density at radius 3 is 2.27 bits per heavy atom. The summed E-state index contributed by atoms with van der Waals surface area (Å²) < 4.78 is 2.03. The van der Waals surface area contributed by atoms with E-state index in [-0.39, 0.29) is 5.91 Å². The number of nitrogens with one attached hydrogen (secondary N) is 1. The van der Waals surface area contributed by atoms with Crippen molar-refractivity contribution in [2.75, 3.05) is 23.3 Å². The van der Waals surface area contributed by atoms with Crippen LogP contribution in [0.4, 0.5) is 11.4 Å². The first-order valence-electron chi connectivity index (χ1n) is 7.85. The zero-order valence-electron chi connectivity index (χ0n) is 13.5. The quantitative estimate of drug-likeness (QED) is 0.941. The monoisotopic (exact) mass is 297 g/mol. The number of benzene rings is 1. The SMILES string of the molecule is Cc1cc(C(=O)Nc2ccc(N3CCCC3)cc2)c(C)n1C. The summed E-state index contributed by atoms with van der Waals surface area (Å²) in [6, 6.07) is 10.1. The standard InChI is InChI=1S/C18H23N3O/c1-13-12-17(14(2)20(13)3)18(22)19-15-6-8-16(9-7-15)21-10-4-5-11-21/h6-9,12H,4-5,10-11H2,1-3H3,(H,19,22). The van der Waals surface area contributed by atoms with Gasteiger partial charge in [0.15, 0.2) is 0 Å². The molecule has 0 atom stereocenters. The highest BCUT2D eigenvalue weighted by Gasteiger charge is 2.15. The van der Waals surface area contributed by atoms with Gasteiger partial charge >= 0.3 is 0 Å². The summed E-state index contributed by atoms with van der Waals surface area (Å²) >= 11 is 0. The predicted octanol–water partition coefficient (Wildman–Crippen LogP) is 3.49. The van der Waals surface area contributed by atoms with Gasteiger partial charge < -0.3 is 14.8 Å². The molecule has 0 aliphatic carbocycles. The number of aromatic nitrogens is 1. The van der Waals surface area contributed by atoms with Crippen molar-refractivity contribution >= 4 is 17.3 Å². The van der Waals surface area contributed by atoms with Crippen LogP contribution >= 0.6 is 0 Å². The van der Waals surface area contributed by atoms with E-state index in [1.54, 1.807) is 0 Å². The second-order valence-electron chi connectivity index (χ2n) is 6.04. The summed E-state index contributed by atoms with van der Waals surface area (Å²) in [5.41, 5.74) is 4.90. The van der Waals surface area contributed by atoms with E-state index in [1.165, 1.54) is 18.5 Å². The molecule has 0 saturated carbocycles. The van der Waals surface area contributed by atoms with E-state index in [2.05, 4.69) is 22.3 Å². The second kappa shape index (κ2) is 5.87. The molecule has 0 radical (unpaired) electrons. The third kappa shape index (κ3) is 2.73. The van der Waals surface area contributed by atoms with Gasteiger partial charge in [-0.2, -0.15) is 0 Å². The van der Waals surface area contributed by atoms with Crippen LogP contribution in [0, 0.1) is 13.8 Å². The molecule has 3 rings (SSSR count). The number of hydrogen-bond donors (Lipinski definition) is 1. The summed E-state index contributed by atoms with van der Waals surface area (Å²) in [5, 5.41) is 2.99.